The molecule has 0 saturated heterocycles. The summed E-state index contributed by atoms with van der Waals surface area (Å²) >= 11 is 0. The molecule has 1 atom stereocenters. The number of fused-ring (bicyclic) bond motifs is 1. The van der Waals surface area contributed by atoms with Crippen molar-refractivity contribution in [1.82, 2.24) is 14.9 Å². The molecule has 0 aliphatic heterocycles. The summed E-state index contributed by atoms with van der Waals surface area (Å²) in [6.45, 7) is 7.40. The fraction of sp³-hybridized carbons (Fsp3) is 0.364. The van der Waals surface area contributed by atoms with Gasteiger partial charge in [-0.15, -0.1) is 0 Å². The third-order valence-corrected chi connectivity index (χ3v) is 5.13. The second-order valence-electron chi connectivity index (χ2n) is 7.81. The van der Waals surface area contributed by atoms with Gasteiger partial charge >= 0.3 is 0 Å². The Kier molecular flexibility index (Phi) is 6.07. The summed E-state index contributed by atoms with van der Waals surface area (Å²) in [5, 5.41) is 7.27. The Hall–Kier alpha value is -3.00. The van der Waals surface area contributed by atoms with Gasteiger partial charge in [-0.3, -0.25) is 4.79 Å². The zero-order chi connectivity index (χ0) is 22.1. The first-order chi connectivity index (χ1) is 14.1. The molecule has 1 unspecified atom stereocenters. The average molecular weight is 416 g/mol. The Labute approximate surface area is 174 Å². The van der Waals surface area contributed by atoms with E-state index in [0.29, 0.717) is 29.7 Å². The maximum absolute atomic E-state index is 13.9. The summed E-state index contributed by atoms with van der Waals surface area (Å²) in [6.07, 6.45) is 0.713. The third kappa shape index (κ3) is 4.43. The minimum absolute atomic E-state index is 0.171. The van der Waals surface area contributed by atoms with Gasteiger partial charge < -0.3 is 15.8 Å². The van der Waals surface area contributed by atoms with Crippen LogP contribution in [-0.2, 0) is 6.61 Å². The van der Waals surface area contributed by atoms with Crippen molar-refractivity contribution in [2.24, 2.45) is 5.73 Å². The molecule has 6 nitrogen and oxygen atoms in total. The molecular formula is C22H26F2N4O2. The second kappa shape index (κ2) is 8.39. The summed E-state index contributed by atoms with van der Waals surface area (Å²) < 4.78 is 35.0. The number of carbonyl (C=O) groups excluding carboxylic acids is 1. The number of aromatic nitrogens is 2. The number of nitrogens with two attached hydrogens (primary N) is 1. The minimum atomic E-state index is -0.684. The largest absolute Gasteiger partial charge is 0.473 e. The van der Waals surface area contributed by atoms with Crippen LogP contribution in [0.25, 0.3) is 5.52 Å². The topological polar surface area (TPSA) is 81.6 Å². The zero-order valence-corrected chi connectivity index (χ0v) is 17.6. The van der Waals surface area contributed by atoms with Gasteiger partial charge in [0.05, 0.1) is 22.3 Å². The number of nitrogens with one attached hydrogen (secondary N) is 1. The predicted octanol–water partition coefficient (Wildman–Crippen LogP) is 3.67. The monoisotopic (exact) mass is 416 g/mol. The molecule has 2 heterocycles. The lowest BCUT2D eigenvalue weighted by atomic mass is 10.0. The molecule has 30 heavy (non-hydrogen) atoms. The molecule has 0 spiro atoms. The molecule has 0 radical (unpaired) electrons. The van der Waals surface area contributed by atoms with Crippen molar-refractivity contribution in [3.05, 3.63) is 64.4 Å². The summed E-state index contributed by atoms with van der Waals surface area (Å²) in [5.41, 5.74) is 7.72. The molecule has 8 heteroatoms. The normalized spacial score (nSPS) is 13.3. The van der Waals surface area contributed by atoms with Crippen molar-refractivity contribution in [2.75, 3.05) is 6.54 Å². The van der Waals surface area contributed by atoms with E-state index in [-0.39, 0.29) is 24.0 Å². The van der Waals surface area contributed by atoms with Crippen molar-refractivity contribution in [1.29, 1.82) is 0 Å². The number of hydrogen-bond donors (Lipinski definition) is 2. The lowest BCUT2D eigenvalue weighted by molar-refractivity contribution is 0.0945. The Bertz CT molecular complexity index is 1070. The Morgan fingerprint density at radius 3 is 2.57 bits per heavy atom. The SMILES string of the molecule is CCC(C)(N)CNC(=O)c1c(C)nn2c(OCc3c(F)cccc3F)cc(C)cc12. The number of amides is 1. The van der Waals surface area contributed by atoms with Gasteiger partial charge in [-0.05, 0) is 51.0 Å². The standard InChI is InChI=1S/C22H26F2N4O2/c1-5-22(4,25)12-26-21(29)20-14(3)27-28-18(20)9-13(2)10-19(28)30-11-15-16(23)7-6-8-17(15)24/h6-10H,5,11-12,25H2,1-4H3,(H,26,29). The molecule has 0 aliphatic carbocycles. The van der Waals surface area contributed by atoms with E-state index in [4.69, 9.17) is 10.5 Å². The van der Waals surface area contributed by atoms with E-state index in [9.17, 15) is 13.6 Å². The Balaban J connectivity index is 1.93. The summed E-state index contributed by atoms with van der Waals surface area (Å²) in [6, 6.07) is 7.16. The smallest absolute Gasteiger partial charge is 0.255 e. The maximum atomic E-state index is 13.9. The Morgan fingerprint density at radius 1 is 1.27 bits per heavy atom. The average Bonchev–Trinajstić information content (AvgIpc) is 3.01. The van der Waals surface area contributed by atoms with Gasteiger partial charge in [0.2, 0.25) is 5.88 Å². The number of ether oxygens (including phenoxy) is 1. The maximum Gasteiger partial charge on any atom is 0.255 e. The highest BCUT2D eigenvalue weighted by molar-refractivity contribution is 6.02. The minimum Gasteiger partial charge on any atom is -0.473 e. The quantitative estimate of drug-likeness (QED) is 0.616. The Morgan fingerprint density at radius 2 is 1.93 bits per heavy atom. The number of pyridine rings is 1. The number of benzene rings is 1. The van der Waals surface area contributed by atoms with Crippen LogP contribution in [0, 0.1) is 25.5 Å². The molecule has 3 N–H and O–H groups in total. The van der Waals surface area contributed by atoms with E-state index in [1.807, 2.05) is 26.8 Å². The van der Waals surface area contributed by atoms with Crippen molar-refractivity contribution >= 4 is 11.4 Å². The third-order valence-electron chi connectivity index (χ3n) is 5.13. The van der Waals surface area contributed by atoms with Crippen molar-refractivity contribution < 1.29 is 18.3 Å². The van der Waals surface area contributed by atoms with Crippen LogP contribution in [0.15, 0.2) is 30.3 Å². The molecule has 0 aliphatic rings. The lowest BCUT2D eigenvalue weighted by Gasteiger charge is -2.22. The summed E-state index contributed by atoms with van der Waals surface area (Å²) in [5.74, 6) is -1.37. The van der Waals surface area contributed by atoms with E-state index in [1.54, 1.807) is 13.0 Å². The van der Waals surface area contributed by atoms with Gasteiger partial charge in [-0.1, -0.05) is 13.0 Å². The first-order valence-electron chi connectivity index (χ1n) is 9.75. The van der Waals surface area contributed by atoms with Crippen LogP contribution in [0.5, 0.6) is 5.88 Å². The van der Waals surface area contributed by atoms with Crippen LogP contribution in [0.4, 0.5) is 8.78 Å². The number of hydrogen-bond acceptors (Lipinski definition) is 4. The molecule has 1 amide bonds. The number of aryl methyl sites for hydroxylation is 2. The number of rotatable bonds is 7. The lowest BCUT2D eigenvalue weighted by Crippen LogP contribution is -2.47. The zero-order valence-electron chi connectivity index (χ0n) is 17.6. The molecule has 3 rings (SSSR count). The van der Waals surface area contributed by atoms with E-state index in [1.165, 1.54) is 22.7 Å². The van der Waals surface area contributed by atoms with E-state index >= 15 is 0 Å². The van der Waals surface area contributed by atoms with Gasteiger partial charge in [0.1, 0.15) is 18.2 Å². The molecule has 3 aromatic rings. The molecule has 0 bridgehead atoms. The van der Waals surface area contributed by atoms with Crippen molar-refractivity contribution in [2.45, 2.75) is 46.3 Å². The van der Waals surface area contributed by atoms with Gasteiger partial charge in [0.15, 0.2) is 0 Å². The van der Waals surface area contributed by atoms with Gasteiger partial charge in [-0.2, -0.15) is 9.61 Å². The second-order valence-corrected chi connectivity index (χ2v) is 7.81. The van der Waals surface area contributed by atoms with Crippen LogP contribution < -0.4 is 15.8 Å². The summed E-state index contributed by atoms with van der Waals surface area (Å²) in [7, 11) is 0. The predicted molar refractivity (Wildman–Crippen MR) is 111 cm³/mol. The van der Waals surface area contributed by atoms with Crippen LogP contribution in [0.1, 0.15) is 47.4 Å². The van der Waals surface area contributed by atoms with Gasteiger partial charge in [0.25, 0.3) is 5.91 Å². The number of halogens is 2. The first-order valence-corrected chi connectivity index (χ1v) is 9.75. The highest BCUT2D eigenvalue weighted by atomic mass is 19.1. The molecule has 160 valence electrons. The highest BCUT2D eigenvalue weighted by Crippen LogP contribution is 2.25. The number of carbonyl (C=O) groups is 1. The first kappa shape index (κ1) is 21.7. The van der Waals surface area contributed by atoms with Crippen molar-refractivity contribution in [3.63, 3.8) is 0 Å². The molecule has 2 aromatic heterocycles. The molecule has 1 aromatic carbocycles. The highest BCUT2D eigenvalue weighted by Gasteiger charge is 2.23. The molecular weight excluding hydrogens is 390 g/mol. The summed E-state index contributed by atoms with van der Waals surface area (Å²) in [4.78, 5) is 12.8. The van der Waals surface area contributed by atoms with Crippen LogP contribution in [0.2, 0.25) is 0 Å². The van der Waals surface area contributed by atoms with Crippen LogP contribution in [-0.4, -0.2) is 27.6 Å². The fourth-order valence-corrected chi connectivity index (χ4v) is 3.06. The van der Waals surface area contributed by atoms with E-state index < -0.39 is 17.2 Å². The molecule has 0 fully saturated rings. The van der Waals surface area contributed by atoms with Gasteiger partial charge in [0, 0.05) is 18.2 Å². The fourth-order valence-electron chi connectivity index (χ4n) is 3.06. The van der Waals surface area contributed by atoms with Crippen LogP contribution in [0.3, 0.4) is 0 Å². The van der Waals surface area contributed by atoms with Crippen molar-refractivity contribution in [3.8, 4) is 5.88 Å². The van der Waals surface area contributed by atoms with E-state index in [0.717, 1.165) is 5.56 Å². The van der Waals surface area contributed by atoms with E-state index in [2.05, 4.69) is 10.4 Å². The van der Waals surface area contributed by atoms with Crippen LogP contribution >= 0.6 is 0 Å². The molecule has 0 saturated carbocycles. The number of nitrogens with zero attached hydrogens (tertiary/aromatic N) is 2. The van der Waals surface area contributed by atoms with Gasteiger partial charge in [-0.25, -0.2) is 8.78 Å².